The molecule has 3 atom stereocenters. The second-order valence-electron chi connectivity index (χ2n) is 7.83. The summed E-state index contributed by atoms with van der Waals surface area (Å²) in [4.78, 5) is 48.0. The van der Waals surface area contributed by atoms with Crippen LogP contribution in [0.2, 0.25) is 0 Å². The van der Waals surface area contributed by atoms with Crippen LogP contribution in [-0.4, -0.2) is 61.9 Å². The zero-order valence-corrected chi connectivity index (χ0v) is 17.9. The fourth-order valence-corrected chi connectivity index (χ4v) is 4.69. The van der Waals surface area contributed by atoms with Gasteiger partial charge in [-0.05, 0) is 42.3 Å². The van der Waals surface area contributed by atoms with E-state index in [0.717, 1.165) is 0 Å². The molecule has 11 heteroatoms. The third-order valence-electron chi connectivity index (χ3n) is 5.80. The normalized spacial score (nSPS) is 20.6. The lowest BCUT2D eigenvalue weighted by atomic mass is 9.82. The minimum atomic E-state index is -1.04. The molecule has 0 unspecified atom stereocenters. The number of thiol groups is 1. The van der Waals surface area contributed by atoms with Crippen molar-refractivity contribution in [2.75, 3.05) is 6.54 Å². The minimum absolute atomic E-state index is 0.0475. The zero-order valence-electron chi connectivity index (χ0n) is 17.0. The molecule has 6 N–H and O–H groups in total. The van der Waals surface area contributed by atoms with E-state index in [2.05, 4.69) is 22.9 Å². The van der Waals surface area contributed by atoms with Gasteiger partial charge in [-0.2, -0.15) is 12.6 Å². The average molecular weight is 457 g/mol. The van der Waals surface area contributed by atoms with Crippen molar-refractivity contribution in [2.45, 2.75) is 56.7 Å². The Morgan fingerprint density at radius 3 is 2.13 bits per heavy atom. The summed E-state index contributed by atoms with van der Waals surface area (Å²) in [7, 11) is 0. The Morgan fingerprint density at radius 1 is 0.903 bits per heavy atom. The molecule has 0 spiro atoms. The number of carboxylic acids is 4. The van der Waals surface area contributed by atoms with Gasteiger partial charge in [-0.3, -0.25) is 19.2 Å². The van der Waals surface area contributed by atoms with Gasteiger partial charge in [0.25, 0.3) is 0 Å². The van der Waals surface area contributed by atoms with Crippen LogP contribution in [0.15, 0.2) is 0 Å². The molecule has 0 radical (unpaired) electrons. The Hall–Kier alpha value is -2.53. The third-order valence-corrected chi connectivity index (χ3v) is 6.11. The summed E-state index contributed by atoms with van der Waals surface area (Å²) in [5.74, 6) is -4.11. The summed E-state index contributed by atoms with van der Waals surface area (Å²) >= 11 is 4.25. The van der Waals surface area contributed by atoms with Crippen molar-refractivity contribution in [3.05, 3.63) is 22.5 Å². The summed E-state index contributed by atoms with van der Waals surface area (Å²) in [6, 6.07) is -0.262. The molecule has 1 aliphatic rings. The van der Waals surface area contributed by atoms with Crippen molar-refractivity contribution in [3.63, 3.8) is 0 Å². The first-order valence-corrected chi connectivity index (χ1v) is 10.7. The number of aliphatic carboxylic acids is 4. The van der Waals surface area contributed by atoms with E-state index < -0.39 is 23.9 Å². The quantitative estimate of drug-likeness (QED) is 0.215. The van der Waals surface area contributed by atoms with Crippen molar-refractivity contribution in [3.8, 4) is 0 Å². The molecule has 172 valence electrons. The molecule has 1 aromatic heterocycles. The van der Waals surface area contributed by atoms with Crippen LogP contribution in [0.4, 0.5) is 0 Å². The first kappa shape index (κ1) is 24.7. The monoisotopic (exact) mass is 456 g/mol. The number of rotatable bonds is 13. The number of carbonyl (C=O) groups is 4. The standard InChI is InChI=1S/C20H28N2O8S/c23-17(24)3-1-10-8-21-14(12(10)5-19(27)28)7-15-11(2-4-18(25)26)13(6-20(29)30)16(9-31)22-15/h10,12,14,21-22,31H,1-9H2,(H,23,24)(H,25,26)(H,27,28)(H,29,30)/t10-,12+,14-/m0/s1. The smallest absolute Gasteiger partial charge is 0.307 e. The van der Waals surface area contributed by atoms with Crippen LogP contribution < -0.4 is 5.32 Å². The van der Waals surface area contributed by atoms with Gasteiger partial charge < -0.3 is 30.7 Å². The highest BCUT2D eigenvalue weighted by Gasteiger charge is 2.38. The van der Waals surface area contributed by atoms with Crippen molar-refractivity contribution in [1.29, 1.82) is 0 Å². The highest BCUT2D eigenvalue weighted by Crippen LogP contribution is 2.33. The summed E-state index contributed by atoms with van der Waals surface area (Å²) in [5.41, 5.74) is 2.43. The number of aromatic nitrogens is 1. The molecule has 0 amide bonds. The topological polar surface area (TPSA) is 177 Å². The molecule has 0 aliphatic carbocycles. The molecule has 0 saturated carbocycles. The first-order chi connectivity index (χ1) is 14.6. The summed E-state index contributed by atoms with van der Waals surface area (Å²) in [6.07, 6.45) is 0.274. The molecule has 1 aliphatic heterocycles. The number of aromatic amines is 1. The van der Waals surface area contributed by atoms with Crippen LogP contribution >= 0.6 is 12.6 Å². The summed E-state index contributed by atoms with van der Waals surface area (Å²) in [5, 5.41) is 40.0. The van der Waals surface area contributed by atoms with Crippen LogP contribution in [0.5, 0.6) is 0 Å². The van der Waals surface area contributed by atoms with E-state index in [4.69, 9.17) is 10.2 Å². The molecule has 1 saturated heterocycles. The lowest BCUT2D eigenvalue weighted by Crippen LogP contribution is -2.32. The van der Waals surface area contributed by atoms with Gasteiger partial charge in [0.15, 0.2) is 0 Å². The van der Waals surface area contributed by atoms with Crippen molar-refractivity contribution in [1.82, 2.24) is 10.3 Å². The maximum atomic E-state index is 11.4. The van der Waals surface area contributed by atoms with Gasteiger partial charge in [0.1, 0.15) is 0 Å². The van der Waals surface area contributed by atoms with E-state index in [9.17, 15) is 29.4 Å². The van der Waals surface area contributed by atoms with E-state index >= 15 is 0 Å². The Kier molecular flexibility index (Phi) is 8.93. The van der Waals surface area contributed by atoms with E-state index in [1.807, 2.05) is 0 Å². The summed E-state index contributed by atoms with van der Waals surface area (Å²) in [6.45, 7) is 0.489. The fourth-order valence-electron chi connectivity index (χ4n) is 4.42. The SMILES string of the molecule is O=C(O)CCc1c(C[C@@H]2NC[C@H](CCC(=O)O)[C@H]2CC(=O)O)[nH]c(CS)c1CC(=O)O. The van der Waals surface area contributed by atoms with Gasteiger partial charge >= 0.3 is 23.9 Å². The van der Waals surface area contributed by atoms with Crippen LogP contribution in [0.3, 0.4) is 0 Å². The minimum Gasteiger partial charge on any atom is -0.481 e. The summed E-state index contributed by atoms with van der Waals surface area (Å²) < 4.78 is 0. The molecule has 1 aromatic rings. The maximum Gasteiger partial charge on any atom is 0.307 e. The maximum absolute atomic E-state index is 11.4. The van der Waals surface area contributed by atoms with Gasteiger partial charge in [-0.15, -0.1) is 0 Å². The van der Waals surface area contributed by atoms with E-state index in [-0.39, 0.29) is 55.7 Å². The second-order valence-corrected chi connectivity index (χ2v) is 8.15. The van der Waals surface area contributed by atoms with E-state index in [0.29, 0.717) is 41.9 Å². The highest BCUT2D eigenvalue weighted by molar-refractivity contribution is 7.79. The van der Waals surface area contributed by atoms with Gasteiger partial charge in [-0.25, -0.2) is 0 Å². The average Bonchev–Trinajstić information content (AvgIpc) is 3.18. The largest absolute Gasteiger partial charge is 0.481 e. The van der Waals surface area contributed by atoms with E-state index in [1.165, 1.54) is 0 Å². The lowest BCUT2D eigenvalue weighted by Gasteiger charge is -2.22. The Morgan fingerprint density at radius 2 is 1.58 bits per heavy atom. The number of hydrogen-bond acceptors (Lipinski definition) is 6. The van der Waals surface area contributed by atoms with Crippen molar-refractivity contribution in [2.24, 2.45) is 11.8 Å². The Labute approximate surface area is 184 Å². The lowest BCUT2D eigenvalue weighted by molar-refractivity contribution is -0.139. The number of nitrogens with one attached hydrogen (secondary N) is 2. The third kappa shape index (κ3) is 7.00. The van der Waals surface area contributed by atoms with Gasteiger partial charge in [0.2, 0.25) is 0 Å². The van der Waals surface area contributed by atoms with Gasteiger partial charge in [0, 0.05) is 48.9 Å². The molecule has 0 aromatic carbocycles. The molecule has 10 nitrogen and oxygen atoms in total. The second kappa shape index (κ2) is 11.2. The molecule has 2 heterocycles. The highest BCUT2D eigenvalue weighted by atomic mass is 32.1. The van der Waals surface area contributed by atoms with Gasteiger partial charge in [0.05, 0.1) is 6.42 Å². The molecule has 1 fully saturated rings. The Bertz CT molecular complexity index is 837. The zero-order chi connectivity index (χ0) is 23.1. The first-order valence-electron chi connectivity index (χ1n) is 10.0. The van der Waals surface area contributed by atoms with Crippen molar-refractivity contribution < 1.29 is 39.6 Å². The molecule has 2 rings (SSSR count). The molecule has 31 heavy (non-hydrogen) atoms. The predicted molar refractivity (Wildman–Crippen MR) is 112 cm³/mol. The predicted octanol–water partition coefficient (Wildman–Crippen LogP) is 1.17. The van der Waals surface area contributed by atoms with Crippen LogP contribution in [-0.2, 0) is 44.2 Å². The van der Waals surface area contributed by atoms with Crippen LogP contribution in [0, 0.1) is 11.8 Å². The van der Waals surface area contributed by atoms with E-state index in [1.54, 1.807) is 0 Å². The van der Waals surface area contributed by atoms with Gasteiger partial charge in [-0.1, -0.05) is 0 Å². The fraction of sp³-hybridized carbons (Fsp3) is 0.600. The molecular formula is C20H28N2O8S. The molecule has 0 bridgehead atoms. The molecular weight excluding hydrogens is 428 g/mol. The van der Waals surface area contributed by atoms with Crippen molar-refractivity contribution >= 4 is 36.5 Å². The van der Waals surface area contributed by atoms with Crippen LogP contribution in [0.1, 0.15) is 48.2 Å². The Balaban J connectivity index is 2.32. The number of carboxylic acid groups (broad SMARTS) is 4. The number of hydrogen-bond donors (Lipinski definition) is 7. The number of H-pyrrole nitrogens is 1. The van der Waals surface area contributed by atoms with Crippen LogP contribution in [0.25, 0.3) is 0 Å².